The molecule has 0 radical (unpaired) electrons. The Morgan fingerprint density at radius 1 is 1.24 bits per heavy atom. The van der Waals surface area contributed by atoms with Crippen molar-refractivity contribution in [1.82, 2.24) is 14.9 Å². The SMILES string of the molecule is N#Cc1cc(F)cc(CN2CCC(c3nccc4cnc(Cl)cc34)C(F)(F)C2)c1. The Bertz CT molecular complexity index is 1110. The number of fused-ring (bicyclic) bond motifs is 1. The minimum Gasteiger partial charge on any atom is -0.293 e. The van der Waals surface area contributed by atoms with Crippen molar-refractivity contribution in [3.63, 3.8) is 0 Å². The number of nitrogens with zero attached hydrogens (tertiary/aromatic N) is 4. The highest BCUT2D eigenvalue weighted by Crippen LogP contribution is 2.42. The molecule has 148 valence electrons. The van der Waals surface area contributed by atoms with Crippen molar-refractivity contribution in [3.8, 4) is 6.07 Å². The minimum atomic E-state index is -3.03. The largest absolute Gasteiger partial charge is 0.293 e. The zero-order chi connectivity index (χ0) is 20.6. The fourth-order valence-electron chi connectivity index (χ4n) is 3.89. The van der Waals surface area contributed by atoms with E-state index < -0.39 is 24.2 Å². The van der Waals surface area contributed by atoms with Crippen LogP contribution in [0.3, 0.4) is 0 Å². The number of nitriles is 1. The van der Waals surface area contributed by atoms with Crippen LogP contribution < -0.4 is 0 Å². The number of likely N-dealkylation sites (tertiary alicyclic amines) is 1. The molecule has 8 heteroatoms. The Morgan fingerprint density at radius 3 is 2.83 bits per heavy atom. The Kier molecular flexibility index (Phi) is 5.15. The predicted octanol–water partition coefficient (Wildman–Crippen LogP) is 4.92. The van der Waals surface area contributed by atoms with Crippen LogP contribution in [0.15, 0.2) is 42.7 Å². The summed E-state index contributed by atoms with van der Waals surface area (Å²) in [5.74, 6) is -4.63. The highest BCUT2D eigenvalue weighted by Gasteiger charge is 2.46. The van der Waals surface area contributed by atoms with Gasteiger partial charge in [0.2, 0.25) is 0 Å². The summed E-state index contributed by atoms with van der Waals surface area (Å²) in [5.41, 5.74) is 0.984. The van der Waals surface area contributed by atoms with Gasteiger partial charge in [0.1, 0.15) is 11.0 Å². The summed E-state index contributed by atoms with van der Waals surface area (Å²) in [7, 11) is 0. The zero-order valence-corrected chi connectivity index (χ0v) is 16.0. The van der Waals surface area contributed by atoms with E-state index in [9.17, 15) is 4.39 Å². The van der Waals surface area contributed by atoms with Gasteiger partial charge in [0, 0.05) is 29.7 Å². The maximum absolute atomic E-state index is 15.1. The van der Waals surface area contributed by atoms with E-state index in [-0.39, 0.29) is 23.7 Å². The minimum absolute atomic E-state index is 0.146. The highest BCUT2D eigenvalue weighted by atomic mass is 35.5. The quantitative estimate of drug-likeness (QED) is 0.569. The van der Waals surface area contributed by atoms with E-state index in [0.29, 0.717) is 28.6 Å². The van der Waals surface area contributed by atoms with E-state index in [1.54, 1.807) is 23.2 Å². The van der Waals surface area contributed by atoms with Crippen molar-refractivity contribution in [3.05, 3.63) is 70.5 Å². The first kappa shape index (κ1) is 19.6. The second-order valence-electron chi connectivity index (χ2n) is 7.20. The highest BCUT2D eigenvalue weighted by molar-refractivity contribution is 6.30. The number of benzene rings is 1. The Labute approximate surface area is 170 Å². The number of piperidine rings is 1. The first-order valence-corrected chi connectivity index (χ1v) is 9.43. The van der Waals surface area contributed by atoms with Gasteiger partial charge in [-0.15, -0.1) is 0 Å². The molecule has 1 saturated heterocycles. The van der Waals surface area contributed by atoms with E-state index >= 15 is 8.78 Å². The molecule has 1 aromatic carbocycles. The summed E-state index contributed by atoms with van der Waals surface area (Å²) in [6.07, 6.45) is 3.25. The van der Waals surface area contributed by atoms with Crippen LogP contribution in [-0.2, 0) is 6.54 Å². The van der Waals surface area contributed by atoms with Crippen molar-refractivity contribution in [2.24, 2.45) is 0 Å². The molecule has 0 spiro atoms. The number of alkyl halides is 2. The third-order valence-corrected chi connectivity index (χ3v) is 5.35. The van der Waals surface area contributed by atoms with E-state index in [2.05, 4.69) is 9.97 Å². The van der Waals surface area contributed by atoms with Crippen LogP contribution in [0.4, 0.5) is 13.2 Å². The average molecular weight is 417 g/mol. The predicted molar refractivity (Wildman–Crippen MR) is 103 cm³/mol. The average Bonchev–Trinajstić information content (AvgIpc) is 2.66. The fraction of sp³-hybridized carbons (Fsp3) is 0.286. The van der Waals surface area contributed by atoms with Crippen LogP contribution in [0.1, 0.15) is 29.2 Å². The van der Waals surface area contributed by atoms with Gasteiger partial charge in [-0.2, -0.15) is 5.26 Å². The van der Waals surface area contributed by atoms with Gasteiger partial charge in [-0.05, 0) is 48.9 Å². The van der Waals surface area contributed by atoms with E-state index in [4.69, 9.17) is 16.9 Å². The first-order valence-electron chi connectivity index (χ1n) is 9.05. The second-order valence-corrected chi connectivity index (χ2v) is 7.58. The molecule has 4 rings (SSSR count). The van der Waals surface area contributed by atoms with Gasteiger partial charge >= 0.3 is 0 Å². The van der Waals surface area contributed by atoms with Gasteiger partial charge in [-0.1, -0.05) is 11.6 Å². The molecule has 0 amide bonds. The van der Waals surface area contributed by atoms with Gasteiger partial charge in [0.25, 0.3) is 5.92 Å². The molecule has 1 aliphatic heterocycles. The molecule has 4 nitrogen and oxygen atoms in total. The number of halogens is 4. The van der Waals surface area contributed by atoms with Crippen molar-refractivity contribution < 1.29 is 13.2 Å². The number of aromatic nitrogens is 2. The van der Waals surface area contributed by atoms with Gasteiger partial charge in [-0.25, -0.2) is 18.2 Å². The summed E-state index contributed by atoms with van der Waals surface area (Å²) >= 11 is 5.96. The van der Waals surface area contributed by atoms with Gasteiger partial charge < -0.3 is 0 Å². The lowest BCUT2D eigenvalue weighted by atomic mass is 9.87. The monoisotopic (exact) mass is 416 g/mol. The molecular formula is C21H16ClF3N4. The Hall–Kier alpha value is -2.69. The van der Waals surface area contributed by atoms with Crippen molar-refractivity contribution in [1.29, 1.82) is 5.26 Å². The summed E-state index contributed by atoms with van der Waals surface area (Å²) < 4.78 is 43.9. The molecule has 1 unspecified atom stereocenters. The smallest absolute Gasteiger partial charge is 0.268 e. The number of hydrogen-bond donors (Lipinski definition) is 0. The lowest BCUT2D eigenvalue weighted by Crippen LogP contribution is -2.47. The number of rotatable bonds is 3. The first-order chi connectivity index (χ1) is 13.9. The maximum atomic E-state index is 15.1. The van der Waals surface area contributed by atoms with Crippen LogP contribution in [0.25, 0.3) is 10.8 Å². The van der Waals surface area contributed by atoms with Crippen LogP contribution in [0.2, 0.25) is 5.15 Å². The van der Waals surface area contributed by atoms with Crippen molar-refractivity contribution in [2.45, 2.75) is 24.8 Å². The molecule has 3 heterocycles. The molecular weight excluding hydrogens is 401 g/mol. The molecule has 0 N–H and O–H groups in total. The Morgan fingerprint density at radius 2 is 2.07 bits per heavy atom. The maximum Gasteiger partial charge on any atom is 0.268 e. The van der Waals surface area contributed by atoms with Crippen LogP contribution in [0.5, 0.6) is 0 Å². The molecule has 0 saturated carbocycles. The van der Waals surface area contributed by atoms with Crippen LogP contribution >= 0.6 is 11.6 Å². The van der Waals surface area contributed by atoms with Gasteiger partial charge in [-0.3, -0.25) is 9.88 Å². The lowest BCUT2D eigenvalue weighted by molar-refractivity contribution is -0.0854. The van der Waals surface area contributed by atoms with Gasteiger partial charge in [0.05, 0.1) is 29.8 Å². The standard InChI is InChI=1S/C21H16ClF3N4/c22-19-8-17-15(10-28-19)1-3-27-20(17)18-2-4-29(12-21(18,24)25)11-14-5-13(9-26)6-16(23)7-14/h1,3,5-8,10,18H,2,4,11-12H2. The molecule has 3 aromatic rings. The molecule has 2 aromatic heterocycles. The van der Waals surface area contributed by atoms with Crippen LogP contribution in [-0.4, -0.2) is 33.9 Å². The fourth-order valence-corrected chi connectivity index (χ4v) is 4.04. The van der Waals surface area contributed by atoms with Gasteiger partial charge in [0.15, 0.2) is 0 Å². The third-order valence-electron chi connectivity index (χ3n) is 5.15. The zero-order valence-electron chi connectivity index (χ0n) is 15.2. The molecule has 0 bridgehead atoms. The Balaban J connectivity index is 1.59. The molecule has 1 aliphatic rings. The summed E-state index contributed by atoms with van der Waals surface area (Å²) in [6, 6.07) is 9.08. The van der Waals surface area contributed by atoms with E-state index in [1.807, 2.05) is 6.07 Å². The third kappa shape index (κ3) is 4.04. The summed E-state index contributed by atoms with van der Waals surface area (Å²) in [6.45, 7) is 0.0654. The van der Waals surface area contributed by atoms with Crippen molar-refractivity contribution >= 4 is 22.4 Å². The lowest BCUT2D eigenvalue weighted by Gasteiger charge is -2.38. The number of pyridine rings is 2. The molecule has 29 heavy (non-hydrogen) atoms. The summed E-state index contributed by atoms with van der Waals surface area (Å²) in [4.78, 5) is 9.81. The van der Waals surface area contributed by atoms with E-state index in [0.717, 1.165) is 6.07 Å². The number of hydrogen-bond acceptors (Lipinski definition) is 4. The molecule has 1 fully saturated rings. The summed E-state index contributed by atoms with van der Waals surface area (Å²) in [5, 5.41) is 10.5. The normalized spacial score (nSPS) is 19.2. The van der Waals surface area contributed by atoms with E-state index in [1.165, 1.54) is 18.3 Å². The van der Waals surface area contributed by atoms with Crippen molar-refractivity contribution in [2.75, 3.05) is 13.1 Å². The second kappa shape index (κ2) is 7.62. The van der Waals surface area contributed by atoms with Crippen LogP contribution in [0, 0.1) is 17.1 Å². The molecule has 0 aliphatic carbocycles. The topological polar surface area (TPSA) is 52.8 Å². The molecule has 1 atom stereocenters.